The van der Waals surface area contributed by atoms with E-state index in [0.717, 1.165) is 19.3 Å². The van der Waals surface area contributed by atoms with Crippen molar-refractivity contribution < 1.29 is 5.11 Å². The van der Waals surface area contributed by atoms with Crippen molar-refractivity contribution in [2.45, 2.75) is 58.0 Å². The van der Waals surface area contributed by atoms with Gasteiger partial charge in [-0.2, -0.15) is 0 Å². The van der Waals surface area contributed by atoms with Crippen molar-refractivity contribution in [1.82, 2.24) is 5.32 Å². The summed E-state index contributed by atoms with van der Waals surface area (Å²) < 4.78 is 0. The van der Waals surface area contributed by atoms with Gasteiger partial charge in [-0.1, -0.05) is 50.1 Å². The minimum Gasteiger partial charge on any atom is -0.395 e. The Hall–Kier alpha value is -0.860. The fraction of sp³-hybridized carbons (Fsp3) is 0.625. The lowest BCUT2D eigenvalue weighted by Gasteiger charge is -2.21. The smallest absolute Gasteiger partial charge is 0.0584 e. The molecule has 0 fully saturated rings. The summed E-state index contributed by atoms with van der Waals surface area (Å²) in [6.45, 7) is 4.64. The van der Waals surface area contributed by atoms with E-state index in [4.69, 9.17) is 0 Å². The van der Waals surface area contributed by atoms with Crippen LogP contribution in [-0.4, -0.2) is 23.8 Å². The van der Waals surface area contributed by atoms with Gasteiger partial charge < -0.3 is 10.4 Å². The van der Waals surface area contributed by atoms with Gasteiger partial charge in [0, 0.05) is 12.1 Å². The second-order valence-corrected chi connectivity index (χ2v) is 5.11. The Labute approximate surface area is 111 Å². The van der Waals surface area contributed by atoms with Gasteiger partial charge >= 0.3 is 0 Å². The Balaban J connectivity index is 2.25. The highest BCUT2D eigenvalue weighted by Crippen LogP contribution is 2.07. The van der Waals surface area contributed by atoms with Crippen LogP contribution in [0, 0.1) is 0 Å². The van der Waals surface area contributed by atoms with Crippen LogP contribution >= 0.6 is 0 Å². The molecule has 0 unspecified atom stereocenters. The van der Waals surface area contributed by atoms with Crippen molar-refractivity contribution in [2.75, 3.05) is 6.61 Å². The van der Waals surface area contributed by atoms with Gasteiger partial charge in [-0.3, -0.25) is 0 Å². The van der Waals surface area contributed by atoms with E-state index in [0.29, 0.717) is 6.04 Å². The molecule has 102 valence electrons. The quantitative estimate of drug-likeness (QED) is 0.704. The number of rotatable bonds is 9. The zero-order valence-corrected chi connectivity index (χ0v) is 11.7. The molecule has 0 aliphatic rings. The van der Waals surface area contributed by atoms with Gasteiger partial charge in [-0.05, 0) is 31.7 Å². The SMILES string of the molecule is CCCC[C@@H](CO)N[C@H](C)CCc1ccccc1. The first-order valence-corrected chi connectivity index (χ1v) is 7.17. The summed E-state index contributed by atoms with van der Waals surface area (Å²) in [6.07, 6.45) is 5.66. The molecule has 0 heterocycles. The van der Waals surface area contributed by atoms with Crippen LogP contribution in [0.5, 0.6) is 0 Å². The molecular formula is C16H27NO. The van der Waals surface area contributed by atoms with E-state index in [-0.39, 0.29) is 12.6 Å². The summed E-state index contributed by atoms with van der Waals surface area (Å²) in [5.74, 6) is 0. The summed E-state index contributed by atoms with van der Waals surface area (Å²) >= 11 is 0. The summed E-state index contributed by atoms with van der Waals surface area (Å²) in [6, 6.07) is 11.3. The Morgan fingerprint density at radius 1 is 1.17 bits per heavy atom. The van der Waals surface area contributed by atoms with Crippen LogP contribution in [0.2, 0.25) is 0 Å². The molecule has 0 radical (unpaired) electrons. The monoisotopic (exact) mass is 249 g/mol. The summed E-state index contributed by atoms with van der Waals surface area (Å²) in [5, 5.41) is 12.8. The average Bonchev–Trinajstić information content (AvgIpc) is 2.42. The Bertz CT molecular complexity index is 299. The number of hydrogen-bond donors (Lipinski definition) is 2. The average molecular weight is 249 g/mol. The molecule has 2 heteroatoms. The van der Waals surface area contributed by atoms with E-state index in [1.165, 1.54) is 18.4 Å². The van der Waals surface area contributed by atoms with Crippen LogP contribution in [0.1, 0.15) is 45.1 Å². The molecule has 0 saturated heterocycles. The topological polar surface area (TPSA) is 32.3 Å². The molecule has 0 amide bonds. The standard InChI is InChI=1S/C16H27NO/c1-3-4-10-16(13-18)17-14(2)11-12-15-8-6-5-7-9-15/h5-9,14,16-18H,3-4,10-13H2,1-2H3/t14-,16+/m1/s1. The van der Waals surface area contributed by atoms with Crippen LogP contribution in [0.25, 0.3) is 0 Å². The molecular weight excluding hydrogens is 222 g/mol. The van der Waals surface area contributed by atoms with Gasteiger partial charge in [0.15, 0.2) is 0 Å². The number of aryl methyl sites for hydroxylation is 1. The maximum absolute atomic E-state index is 9.32. The molecule has 1 aromatic carbocycles. The molecule has 1 aromatic rings. The molecule has 2 nitrogen and oxygen atoms in total. The first-order chi connectivity index (χ1) is 8.76. The first-order valence-electron chi connectivity index (χ1n) is 7.17. The number of nitrogens with one attached hydrogen (secondary N) is 1. The summed E-state index contributed by atoms with van der Waals surface area (Å²) in [5.41, 5.74) is 1.39. The number of aliphatic hydroxyl groups excluding tert-OH is 1. The molecule has 0 aliphatic carbocycles. The third-order valence-corrected chi connectivity index (χ3v) is 3.36. The molecule has 0 aromatic heterocycles. The minimum absolute atomic E-state index is 0.246. The van der Waals surface area contributed by atoms with Crippen LogP contribution in [-0.2, 0) is 6.42 Å². The van der Waals surface area contributed by atoms with E-state index < -0.39 is 0 Å². The van der Waals surface area contributed by atoms with Crippen molar-refractivity contribution in [3.8, 4) is 0 Å². The second kappa shape index (κ2) is 9.12. The molecule has 0 spiro atoms. The number of unbranched alkanes of at least 4 members (excludes halogenated alkanes) is 1. The van der Waals surface area contributed by atoms with E-state index in [2.05, 4.69) is 49.5 Å². The van der Waals surface area contributed by atoms with Crippen LogP contribution in [0.4, 0.5) is 0 Å². The number of hydrogen-bond acceptors (Lipinski definition) is 2. The van der Waals surface area contributed by atoms with Crippen molar-refractivity contribution in [2.24, 2.45) is 0 Å². The lowest BCUT2D eigenvalue weighted by Crippen LogP contribution is -2.39. The van der Waals surface area contributed by atoms with Crippen molar-refractivity contribution in [3.63, 3.8) is 0 Å². The predicted octanol–water partition coefficient (Wildman–Crippen LogP) is 3.15. The lowest BCUT2D eigenvalue weighted by atomic mass is 10.0. The molecule has 0 bridgehead atoms. The fourth-order valence-corrected chi connectivity index (χ4v) is 2.19. The third kappa shape index (κ3) is 6.18. The Morgan fingerprint density at radius 2 is 1.89 bits per heavy atom. The van der Waals surface area contributed by atoms with Crippen molar-refractivity contribution in [1.29, 1.82) is 0 Å². The normalized spacial score (nSPS) is 14.4. The Kier molecular flexibility index (Phi) is 7.70. The van der Waals surface area contributed by atoms with E-state index >= 15 is 0 Å². The summed E-state index contributed by atoms with van der Waals surface area (Å²) in [4.78, 5) is 0. The largest absolute Gasteiger partial charge is 0.395 e. The molecule has 18 heavy (non-hydrogen) atoms. The maximum Gasteiger partial charge on any atom is 0.0584 e. The second-order valence-electron chi connectivity index (χ2n) is 5.11. The third-order valence-electron chi connectivity index (χ3n) is 3.36. The molecule has 0 saturated carbocycles. The highest BCUT2D eigenvalue weighted by molar-refractivity contribution is 5.14. The van der Waals surface area contributed by atoms with Crippen LogP contribution in [0.15, 0.2) is 30.3 Å². The minimum atomic E-state index is 0.246. The van der Waals surface area contributed by atoms with Gasteiger partial charge in [0.25, 0.3) is 0 Å². The molecule has 2 N–H and O–H groups in total. The molecule has 2 atom stereocenters. The van der Waals surface area contributed by atoms with E-state index in [1.54, 1.807) is 0 Å². The summed E-state index contributed by atoms with van der Waals surface area (Å²) in [7, 11) is 0. The van der Waals surface area contributed by atoms with Gasteiger partial charge in [-0.25, -0.2) is 0 Å². The lowest BCUT2D eigenvalue weighted by molar-refractivity contribution is 0.222. The van der Waals surface area contributed by atoms with Gasteiger partial charge in [0.1, 0.15) is 0 Å². The maximum atomic E-state index is 9.32. The zero-order valence-electron chi connectivity index (χ0n) is 11.7. The van der Waals surface area contributed by atoms with Crippen molar-refractivity contribution in [3.05, 3.63) is 35.9 Å². The number of benzene rings is 1. The predicted molar refractivity (Wildman–Crippen MR) is 77.8 cm³/mol. The molecule has 0 aliphatic heterocycles. The van der Waals surface area contributed by atoms with Crippen LogP contribution < -0.4 is 5.32 Å². The van der Waals surface area contributed by atoms with Crippen molar-refractivity contribution >= 4 is 0 Å². The zero-order chi connectivity index (χ0) is 13.2. The fourth-order valence-electron chi connectivity index (χ4n) is 2.19. The first kappa shape index (κ1) is 15.2. The van der Waals surface area contributed by atoms with Crippen LogP contribution in [0.3, 0.4) is 0 Å². The van der Waals surface area contributed by atoms with E-state index in [9.17, 15) is 5.11 Å². The van der Waals surface area contributed by atoms with Gasteiger partial charge in [0.05, 0.1) is 6.61 Å². The van der Waals surface area contributed by atoms with Gasteiger partial charge in [0.2, 0.25) is 0 Å². The Morgan fingerprint density at radius 3 is 2.50 bits per heavy atom. The van der Waals surface area contributed by atoms with E-state index in [1.807, 2.05) is 0 Å². The number of aliphatic hydroxyl groups is 1. The molecule has 1 rings (SSSR count). The highest BCUT2D eigenvalue weighted by atomic mass is 16.3. The van der Waals surface area contributed by atoms with Gasteiger partial charge in [-0.15, -0.1) is 0 Å². The highest BCUT2D eigenvalue weighted by Gasteiger charge is 2.10.